The Morgan fingerprint density at radius 2 is 1.37 bits per heavy atom. The second-order valence-corrected chi connectivity index (χ2v) is 8.00. The number of benzene rings is 3. The van der Waals surface area contributed by atoms with Crippen molar-refractivity contribution in [2.75, 3.05) is 0 Å². The fourth-order valence-corrected chi connectivity index (χ4v) is 4.65. The Kier molecular flexibility index (Phi) is 4.46. The highest BCUT2D eigenvalue weighted by Gasteiger charge is 2.10. The molecule has 1 aromatic heterocycles. The molecule has 0 fully saturated rings. The maximum Gasteiger partial charge on any atom is 0.107 e. The van der Waals surface area contributed by atoms with Crippen LogP contribution in [0.1, 0.15) is 33.4 Å². The van der Waals surface area contributed by atoms with Crippen LogP contribution >= 0.6 is 11.7 Å². The van der Waals surface area contributed by atoms with Gasteiger partial charge in [0.15, 0.2) is 0 Å². The zero-order valence-corrected chi connectivity index (χ0v) is 16.1. The molecule has 3 aromatic carbocycles. The largest absolute Gasteiger partial charge is 0.173 e. The van der Waals surface area contributed by atoms with Gasteiger partial charge in [-0.2, -0.15) is 8.75 Å². The molecule has 3 heteroatoms. The SMILES string of the molecule is c1cc(CCc2cc3ccc2CCc2ccc(cc2)CC3)c2nsnc2c1. The lowest BCUT2D eigenvalue weighted by molar-refractivity contribution is 0.875. The van der Waals surface area contributed by atoms with Crippen LogP contribution in [-0.4, -0.2) is 8.75 Å². The first-order valence-corrected chi connectivity index (χ1v) is 10.5. The highest BCUT2D eigenvalue weighted by molar-refractivity contribution is 7.00. The summed E-state index contributed by atoms with van der Waals surface area (Å²) in [6.07, 6.45) is 6.53. The fraction of sp³-hybridized carbons (Fsp3) is 0.250. The number of aromatic nitrogens is 2. The third-order valence-corrected chi connectivity index (χ3v) is 6.25. The molecular weight excluding hydrogens is 348 g/mol. The summed E-state index contributed by atoms with van der Waals surface area (Å²) in [5.41, 5.74) is 10.7. The Balaban J connectivity index is 1.43. The smallest absolute Gasteiger partial charge is 0.107 e. The van der Waals surface area contributed by atoms with Gasteiger partial charge in [-0.15, -0.1) is 0 Å². The number of hydrogen-bond acceptors (Lipinski definition) is 3. The van der Waals surface area contributed by atoms with Crippen molar-refractivity contribution in [3.8, 4) is 0 Å². The molecule has 0 atom stereocenters. The van der Waals surface area contributed by atoms with Gasteiger partial charge in [-0.05, 0) is 78.0 Å². The van der Waals surface area contributed by atoms with E-state index in [1.54, 1.807) is 0 Å². The van der Waals surface area contributed by atoms with E-state index in [4.69, 9.17) is 0 Å². The van der Waals surface area contributed by atoms with E-state index in [9.17, 15) is 0 Å². The van der Waals surface area contributed by atoms with Crippen LogP contribution in [-0.2, 0) is 38.5 Å². The minimum atomic E-state index is 1.02. The van der Waals surface area contributed by atoms with Gasteiger partial charge >= 0.3 is 0 Å². The van der Waals surface area contributed by atoms with Crippen LogP contribution in [0.4, 0.5) is 0 Å². The van der Waals surface area contributed by atoms with E-state index in [0.717, 1.165) is 49.6 Å². The van der Waals surface area contributed by atoms with E-state index in [2.05, 4.69) is 69.4 Å². The van der Waals surface area contributed by atoms with Crippen LogP contribution in [0, 0.1) is 0 Å². The van der Waals surface area contributed by atoms with E-state index in [1.807, 2.05) is 0 Å². The Morgan fingerprint density at radius 3 is 2.22 bits per heavy atom. The Morgan fingerprint density at radius 1 is 0.667 bits per heavy atom. The van der Waals surface area contributed by atoms with Gasteiger partial charge in [-0.25, -0.2) is 0 Å². The van der Waals surface area contributed by atoms with Gasteiger partial charge in [0.05, 0.1) is 11.7 Å². The standard InChI is InChI=1S/C24H22N2S/c1-2-21(24-23(3-1)25-27-26-24)14-15-22-16-19-9-8-17-4-6-18(7-5-17)10-12-20(22)13-11-19/h1-7,11,13,16H,8-10,12,14-15H2. The number of fused-ring (bicyclic) bond motifs is 1. The molecule has 0 saturated heterocycles. The summed E-state index contributed by atoms with van der Waals surface area (Å²) in [4.78, 5) is 0. The molecule has 27 heavy (non-hydrogen) atoms. The summed E-state index contributed by atoms with van der Waals surface area (Å²) < 4.78 is 8.88. The lowest BCUT2D eigenvalue weighted by atomic mass is 9.91. The maximum atomic E-state index is 4.50. The third-order valence-electron chi connectivity index (χ3n) is 5.71. The molecule has 0 saturated carbocycles. The summed E-state index contributed by atoms with van der Waals surface area (Å²) >= 11 is 1.31. The van der Waals surface area contributed by atoms with Crippen molar-refractivity contribution in [2.24, 2.45) is 0 Å². The monoisotopic (exact) mass is 370 g/mol. The molecule has 0 radical (unpaired) electrons. The molecule has 4 aromatic rings. The van der Waals surface area contributed by atoms with E-state index >= 15 is 0 Å². The van der Waals surface area contributed by atoms with E-state index in [0.29, 0.717) is 0 Å². The first kappa shape index (κ1) is 16.6. The lowest BCUT2D eigenvalue weighted by Crippen LogP contribution is -2.03. The maximum absolute atomic E-state index is 4.50. The second-order valence-electron chi connectivity index (χ2n) is 7.47. The average Bonchev–Trinajstić information content (AvgIpc) is 3.18. The van der Waals surface area contributed by atoms with E-state index < -0.39 is 0 Å². The van der Waals surface area contributed by atoms with Gasteiger partial charge in [0.2, 0.25) is 0 Å². The van der Waals surface area contributed by atoms with Gasteiger partial charge in [0, 0.05) is 0 Å². The summed E-state index contributed by atoms with van der Waals surface area (Å²) in [6, 6.07) is 22.7. The van der Waals surface area contributed by atoms with Crippen LogP contribution in [0.15, 0.2) is 60.7 Å². The minimum absolute atomic E-state index is 1.02. The highest BCUT2D eigenvalue weighted by atomic mass is 32.1. The molecule has 4 aliphatic rings. The number of rotatable bonds is 3. The first-order chi connectivity index (χ1) is 13.3. The van der Waals surface area contributed by atoms with Crippen molar-refractivity contribution in [1.29, 1.82) is 0 Å². The lowest BCUT2D eigenvalue weighted by Gasteiger charge is -2.14. The van der Waals surface area contributed by atoms with Crippen molar-refractivity contribution < 1.29 is 0 Å². The summed E-state index contributed by atoms with van der Waals surface area (Å²) in [5, 5.41) is 0. The van der Waals surface area contributed by atoms with E-state index in [-0.39, 0.29) is 0 Å². The van der Waals surface area contributed by atoms with Gasteiger partial charge in [-0.3, -0.25) is 0 Å². The molecule has 0 unspecified atom stereocenters. The van der Waals surface area contributed by atoms with Crippen LogP contribution in [0.5, 0.6) is 0 Å². The predicted octanol–water partition coefficient (Wildman–Crippen LogP) is 5.36. The Hall–Kier alpha value is -2.52. The minimum Gasteiger partial charge on any atom is -0.173 e. The molecule has 0 aliphatic heterocycles. The summed E-state index contributed by atoms with van der Waals surface area (Å²) in [5.74, 6) is 0. The van der Waals surface area contributed by atoms with Crippen molar-refractivity contribution in [2.45, 2.75) is 38.5 Å². The summed E-state index contributed by atoms with van der Waals surface area (Å²) in [7, 11) is 0. The topological polar surface area (TPSA) is 25.8 Å². The number of hydrogen-bond donors (Lipinski definition) is 0. The summed E-state index contributed by atoms with van der Waals surface area (Å²) in [6.45, 7) is 0. The molecule has 0 spiro atoms. The van der Waals surface area contributed by atoms with Crippen LogP contribution in [0.3, 0.4) is 0 Å². The molecule has 1 heterocycles. The van der Waals surface area contributed by atoms with Crippen molar-refractivity contribution in [3.63, 3.8) is 0 Å². The zero-order chi connectivity index (χ0) is 18.1. The zero-order valence-electron chi connectivity index (χ0n) is 15.3. The average molecular weight is 371 g/mol. The van der Waals surface area contributed by atoms with Crippen molar-refractivity contribution >= 4 is 22.8 Å². The number of aryl methyl sites for hydroxylation is 6. The van der Waals surface area contributed by atoms with Crippen molar-refractivity contribution in [1.82, 2.24) is 8.75 Å². The molecule has 4 aliphatic carbocycles. The molecule has 4 bridgehead atoms. The van der Waals surface area contributed by atoms with Crippen molar-refractivity contribution in [3.05, 3.63) is 94.0 Å². The van der Waals surface area contributed by atoms with Crippen LogP contribution < -0.4 is 0 Å². The molecule has 8 rings (SSSR count). The highest BCUT2D eigenvalue weighted by Crippen LogP contribution is 2.23. The van der Waals surface area contributed by atoms with Crippen LogP contribution in [0.2, 0.25) is 0 Å². The van der Waals surface area contributed by atoms with Gasteiger partial charge in [-0.1, -0.05) is 54.6 Å². The Bertz CT molecular complexity index is 1080. The molecule has 2 nitrogen and oxygen atoms in total. The molecule has 0 N–H and O–H groups in total. The van der Waals surface area contributed by atoms with E-state index in [1.165, 1.54) is 45.1 Å². The molecule has 134 valence electrons. The third kappa shape index (κ3) is 3.52. The van der Waals surface area contributed by atoms with Gasteiger partial charge in [0.25, 0.3) is 0 Å². The quantitative estimate of drug-likeness (QED) is 0.485. The first-order valence-electron chi connectivity index (χ1n) is 9.74. The normalized spacial score (nSPS) is 13.6. The fourth-order valence-electron chi connectivity index (χ4n) is 4.08. The predicted molar refractivity (Wildman–Crippen MR) is 113 cm³/mol. The molecular formula is C24H22N2S. The van der Waals surface area contributed by atoms with Crippen LogP contribution in [0.25, 0.3) is 11.0 Å². The second kappa shape index (κ2) is 7.24. The van der Waals surface area contributed by atoms with Gasteiger partial charge in [0.1, 0.15) is 11.0 Å². The number of nitrogens with zero attached hydrogens (tertiary/aromatic N) is 2. The Labute approximate surface area is 164 Å². The van der Waals surface area contributed by atoms with Gasteiger partial charge < -0.3 is 0 Å². The molecule has 0 amide bonds.